The van der Waals surface area contributed by atoms with Crippen molar-refractivity contribution in [1.29, 1.82) is 0 Å². The number of hydrogen-bond donors (Lipinski definition) is 2. The van der Waals surface area contributed by atoms with E-state index in [9.17, 15) is 14.4 Å². The number of hydrogen-bond acceptors (Lipinski definition) is 6. The summed E-state index contributed by atoms with van der Waals surface area (Å²) in [5.74, 6) is -0.445. The first-order valence-electron chi connectivity index (χ1n) is 8.51. The number of esters is 1. The standard InChI is InChI=1S/C18H27N3O5/c1-6-9-19-16(23)15(21-17(24)26-18(3,4)5)10-13-7-8-14(11-20-13)25-12(2)22/h7-8,11,15H,6,9-10H2,1-5H3,(H,19,23)(H,21,24). The third-order valence-electron chi connectivity index (χ3n) is 3.03. The molecule has 144 valence electrons. The molecular formula is C18H27N3O5. The Morgan fingerprint density at radius 3 is 2.42 bits per heavy atom. The van der Waals surface area contributed by atoms with Crippen LogP contribution < -0.4 is 15.4 Å². The van der Waals surface area contributed by atoms with E-state index in [1.165, 1.54) is 13.1 Å². The van der Waals surface area contributed by atoms with Crippen LogP contribution in [-0.2, 0) is 20.7 Å². The molecule has 0 saturated heterocycles. The molecular weight excluding hydrogens is 338 g/mol. The lowest BCUT2D eigenvalue weighted by molar-refractivity contribution is -0.131. The molecule has 0 fully saturated rings. The maximum absolute atomic E-state index is 12.3. The topological polar surface area (TPSA) is 107 Å². The summed E-state index contributed by atoms with van der Waals surface area (Å²) in [5.41, 5.74) is -0.105. The quantitative estimate of drug-likeness (QED) is 0.716. The van der Waals surface area contributed by atoms with Crippen LogP contribution in [-0.4, -0.2) is 41.1 Å². The highest BCUT2D eigenvalue weighted by atomic mass is 16.6. The fraction of sp³-hybridized carbons (Fsp3) is 0.556. The van der Waals surface area contributed by atoms with E-state index in [1.54, 1.807) is 32.9 Å². The number of ether oxygens (including phenoxy) is 2. The highest BCUT2D eigenvalue weighted by Crippen LogP contribution is 2.12. The lowest BCUT2D eigenvalue weighted by atomic mass is 10.1. The maximum Gasteiger partial charge on any atom is 0.408 e. The Morgan fingerprint density at radius 2 is 1.92 bits per heavy atom. The number of pyridine rings is 1. The van der Waals surface area contributed by atoms with Gasteiger partial charge in [0.05, 0.1) is 6.20 Å². The molecule has 8 heteroatoms. The molecule has 8 nitrogen and oxygen atoms in total. The molecule has 0 spiro atoms. The van der Waals surface area contributed by atoms with Gasteiger partial charge in [-0.1, -0.05) is 6.92 Å². The van der Waals surface area contributed by atoms with Crippen molar-refractivity contribution in [2.75, 3.05) is 6.54 Å². The van der Waals surface area contributed by atoms with Gasteiger partial charge in [-0.3, -0.25) is 14.6 Å². The maximum atomic E-state index is 12.3. The molecule has 1 heterocycles. The molecule has 0 bridgehead atoms. The molecule has 26 heavy (non-hydrogen) atoms. The molecule has 0 radical (unpaired) electrons. The number of carbonyl (C=O) groups is 3. The van der Waals surface area contributed by atoms with Crippen molar-refractivity contribution in [2.45, 2.75) is 59.1 Å². The van der Waals surface area contributed by atoms with Crippen molar-refractivity contribution in [3.05, 3.63) is 24.0 Å². The van der Waals surface area contributed by atoms with Crippen LogP contribution in [0.25, 0.3) is 0 Å². The first-order chi connectivity index (χ1) is 12.1. The summed E-state index contributed by atoms with van der Waals surface area (Å²) in [6, 6.07) is 2.39. The Bertz CT molecular complexity index is 623. The lowest BCUT2D eigenvalue weighted by Gasteiger charge is -2.23. The Hall–Kier alpha value is -2.64. The van der Waals surface area contributed by atoms with Gasteiger partial charge < -0.3 is 20.1 Å². The third-order valence-corrected chi connectivity index (χ3v) is 3.03. The predicted molar refractivity (Wildman–Crippen MR) is 95.7 cm³/mol. The van der Waals surface area contributed by atoms with E-state index >= 15 is 0 Å². The van der Waals surface area contributed by atoms with E-state index in [0.29, 0.717) is 18.0 Å². The summed E-state index contributed by atoms with van der Waals surface area (Å²) >= 11 is 0. The van der Waals surface area contributed by atoms with Gasteiger partial charge in [0.15, 0.2) is 0 Å². The second kappa shape index (κ2) is 9.74. The average Bonchev–Trinajstić information content (AvgIpc) is 2.51. The molecule has 2 N–H and O–H groups in total. The van der Waals surface area contributed by atoms with Crippen molar-refractivity contribution in [2.24, 2.45) is 0 Å². The number of carbonyl (C=O) groups excluding carboxylic acids is 3. The predicted octanol–water partition coefficient (Wildman–Crippen LogP) is 1.97. The van der Waals surface area contributed by atoms with Crippen LogP contribution >= 0.6 is 0 Å². The van der Waals surface area contributed by atoms with Crippen LogP contribution in [0.15, 0.2) is 18.3 Å². The highest BCUT2D eigenvalue weighted by molar-refractivity contribution is 5.85. The van der Waals surface area contributed by atoms with Crippen LogP contribution in [0.4, 0.5) is 4.79 Å². The molecule has 1 rings (SSSR count). The normalized spacial score (nSPS) is 12.0. The number of aromatic nitrogens is 1. The zero-order chi connectivity index (χ0) is 19.7. The molecule has 0 aliphatic heterocycles. The number of nitrogens with one attached hydrogen (secondary N) is 2. The summed E-state index contributed by atoms with van der Waals surface area (Å²) in [6.07, 6.45) is 1.67. The van der Waals surface area contributed by atoms with Crippen LogP contribution in [0.3, 0.4) is 0 Å². The number of rotatable bonds is 7. The van der Waals surface area contributed by atoms with E-state index in [-0.39, 0.29) is 12.3 Å². The summed E-state index contributed by atoms with van der Waals surface area (Å²) in [5, 5.41) is 5.33. The average molecular weight is 365 g/mol. The molecule has 0 saturated carbocycles. The van der Waals surface area contributed by atoms with Gasteiger partial charge in [0.1, 0.15) is 17.4 Å². The third kappa shape index (κ3) is 8.46. The molecule has 1 aromatic heterocycles. The van der Waals surface area contributed by atoms with Crippen LogP contribution in [0.1, 0.15) is 46.7 Å². The first kappa shape index (κ1) is 21.4. The van der Waals surface area contributed by atoms with E-state index < -0.39 is 23.7 Å². The summed E-state index contributed by atoms with van der Waals surface area (Å²) in [6.45, 7) is 8.97. The minimum Gasteiger partial charge on any atom is -0.444 e. The summed E-state index contributed by atoms with van der Waals surface area (Å²) in [7, 11) is 0. The first-order valence-corrected chi connectivity index (χ1v) is 8.51. The largest absolute Gasteiger partial charge is 0.444 e. The molecule has 0 aliphatic carbocycles. The van der Waals surface area contributed by atoms with Gasteiger partial charge in [0, 0.05) is 25.6 Å². The molecule has 0 aromatic carbocycles. The molecule has 0 aliphatic rings. The monoisotopic (exact) mass is 365 g/mol. The van der Waals surface area contributed by atoms with Crippen molar-refractivity contribution in [3.8, 4) is 5.75 Å². The van der Waals surface area contributed by atoms with Gasteiger partial charge in [0.25, 0.3) is 0 Å². The van der Waals surface area contributed by atoms with E-state index in [0.717, 1.165) is 6.42 Å². The molecule has 2 amide bonds. The van der Waals surface area contributed by atoms with Crippen molar-refractivity contribution in [1.82, 2.24) is 15.6 Å². The van der Waals surface area contributed by atoms with Gasteiger partial charge >= 0.3 is 12.1 Å². The molecule has 1 unspecified atom stereocenters. The number of alkyl carbamates (subject to hydrolysis) is 1. The Morgan fingerprint density at radius 1 is 1.23 bits per heavy atom. The number of nitrogens with zero attached hydrogens (tertiary/aromatic N) is 1. The fourth-order valence-electron chi connectivity index (χ4n) is 2.00. The van der Waals surface area contributed by atoms with Crippen LogP contribution in [0.2, 0.25) is 0 Å². The zero-order valence-electron chi connectivity index (χ0n) is 15.9. The van der Waals surface area contributed by atoms with Gasteiger partial charge in [-0.15, -0.1) is 0 Å². The Labute approximate surface area is 153 Å². The van der Waals surface area contributed by atoms with Gasteiger partial charge in [-0.05, 0) is 39.3 Å². The highest BCUT2D eigenvalue weighted by Gasteiger charge is 2.24. The second-order valence-electron chi connectivity index (χ2n) is 6.77. The fourth-order valence-corrected chi connectivity index (χ4v) is 2.00. The number of amides is 2. The summed E-state index contributed by atoms with van der Waals surface area (Å²) < 4.78 is 10.1. The molecule has 1 aromatic rings. The minimum absolute atomic E-state index is 0.176. The van der Waals surface area contributed by atoms with E-state index in [1.807, 2.05) is 6.92 Å². The smallest absolute Gasteiger partial charge is 0.408 e. The van der Waals surface area contributed by atoms with Gasteiger partial charge in [0.2, 0.25) is 5.91 Å². The van der Waals surface area contributed by atoms with Crippen LogP contribution in [0.5, 0.6) is 5.75 Å². The van der Waals surface area contributed by atoms with Crippen molar-refractivity contribution in [3.63, 3.8) is 0 Å². The van der Waals surface area contributed by atoms with Crippen LogP contribution in [0, 0.1) is 0 Å². The Balaban J connectivity index is 2.82. The van der Waals surface area contributed by atoms with Crippen molar-refractivity contribution < 1.29 is 23.9 Å². The van der Waals surface area contributed by atoms with Gasteiger partial charge in [-0.25, -0.2) is 4.79 Å². The Kier molecular flexibility index (Phi) is 8.02. The minimum atomic E-state index is -0.830. The van der Waals surface area contributed by atoms with E-state index in [2.05, 4.69) is 15.6 Å². The SMILES string of the molecule is CCCNC(=O)C(Cc1ccc(OC(C)=O)cn1)NC(=O)OC(C)(C)C. The van der Waals surface area contributed by atoms with Crippen molar-refractivity contribution >= 4 is 18.0 Å². The zero-order valence-corrected chi connectivity index (χ0v) is 15.9. The lowest BCUT2D eigenvalue weighted by Crippen LogP contribution is -2.49. The molecule has 1 atom stereocenters. The summed E-state index contributed by atoms with van der Waals surface area (Å²) in [4.78, 5) is 39.5. The van der Waals surface area contributed by atoms with Gasteiger partial charge in [-0.2, -0.15) is 0 Å². The van der Waals surface area contributed by atoms with E-state index in [4.69, 9.17) is 9.47 Å². The second-order valence-corrected chi connectivity index (χ2v) is 6.77.